The molecule has 0 saturated heterocycles. The summed E-state index contributed by atoms with van der Waals surface area (Å²) in [5.41, 5.74) is -0.404. The van der Waals surface area contributed by atoms with Gasteiger partial charge in [0.25, 0.3) is 0 Å². The molecule has 0 unspecified atom stereocenters. The molecule has 1 aromatic carbocycles. The fourth-order valence-electron chi connectivity index (χ4n) is 1.68. The van der Waals surface area contributed by atoms with E-state index in [0.29, 0.717) is 0 Å². The molecule has 0 bridgehead atoms. The predicted molar refractivity (Wildman–Crippen MR) is 60.6 cm³/mol. The second kappa shape index (κ2) is 4.97. The monoisotopic (exact) mass is 271 g/mol. The zero-order chi connectivity index (χ0) is 14.0. The topological polar surface area (TPSA) is 33.1 Å². The van der Waals surface area contributed by atoms with E-state index in [9.17, 15) is 17.6 Å². The van der Waals surface area contributed by atoms with Gasteiger partial charge in [-0.2, -0.15) is 13.2 Å². The van der Waals surface area contributed by atoms with Crippen LogP contribution in [0.2, 0.25) is 0 Å². The van der Waals surface area contributed by atoms with Crippen molar-refractivity contribution in [2.45, 2.75) is 12.8 Å². The van der Waals surface area contributed by atoms with Crippen LogP contribution in [0.5, 0.6) is 0 Å². The van der Waals surface area contributed by atoms with E-state index in [1.807, 2.05) is 0 Å². The number of hydrogen-bond acceptors (Lipinski definition) is 2. The summed E-state index contributed by atoms with van der Waals surface area (Å²) < 4.78 is 51.2. The molecule has 2 aromatic rings. The Hall–Kier alpha value is -1.95. The minimum Gasteiger partial charge on any atom is -0.392 e. The van der Waals surface area contributed by atoms with Gasteiger partial charge in [-0.05, 0) is 35.4 Å². The highest BCUT2D eigenvalue weighted by Crippen LogP contribution is 2.33. The van der Waals surface area contributed by atoms with Crippen molar-refractivity contribution in [2.24, 2.45) is 0 Å². The lowest BCUT2D eigenvalue weighted by atomic mass is 10.0. The van der Waals surface area contributed by atoms with Gasteiger partial charge < -0.3 is 5.11 Å². The number of hydrogen-bond donors (Lipinski definition) is 1. The number of rotatable bonds is 2. The molecule has 0 spiro atoms. The van der Waals surface area contributed by atoms with E-state index in [1.165, 1.54) is 12.3 Å². The van der Waals surface area contributed by atoms with Gasteiger partial charge in [-0.25, -0.2) is 4.39 Å². The highest BCUT2D eigenvalue weighted by atomic mass is 19.4. The van der Waals surface area contributed by atoms with Gasteiger partial charge in [0.05, 0.1) is 18.4 Å². The number of alkyl halides is 3. The summed E-state index contributed by atoms with van der Waals surface area (Å²) in [6.45, 7) is -0.528. The molecule has 1 heterocycles. The lowest BCUT2D eigenvalue weighted by Crippen LogP contribution is -2.06. The Kier molecular flexibility index (Phi) is 3.53. The van der Waals surface area contributed by atoms with Gasteiger partial charge in [0.1, 0.15) is 5.82 Å². The predicted octanol–water partition coefficient (Wildman–Crippen LogP) is 3.40. The van der Waals surface area contributed by atoms with Crippen molar-refractivity contribution in [3.05, 3.63) is 53.6 Å². The fraction of sp³-hybridized carbons (Fsp3) is 0.154. The molecule has 0 fully saturated rings. The largest absolute Gasteiger partial charge is 0.416 e. The summed E-state index contributed by atoms with van der Waals surface area (Å²) in [5.74, 6) is -0.638. The SMILES string of the molecule is OCc1cc(-c2cncc(F)c2)cc(C(F)(F)F)c1. The van der Waals surface area contributed by atoms with Crippen molar-refractivity contribution >= 4 is 0 Å². The van der Waals surface area contributed by atoms with Gasteiger partial charge in [0.2, 0.25) is 0 Å². The Balaban J connectivity index is 2.57. The van der Waals surface area contributed by atoms with Gasteiger partial charge in [0.15, 0.2) is 0 Å². The van der Waals surface area contributed by atoms with Gasteiger partial charge >= 0.3 is 6.18 Å². The number of halogens is 4. The smallest absolute Gasteiger partial charge is 0.392 e. The number of pyridine rings is 1. The van der Waals surface area contributed by atoms with E-state index in [-0.39, 0.29) is 16.7 Å². The number of nitrogens with zero attached hydrogens (tertiary/aromatic N) is 1. The number of aliphatic hydroxyl groups is 1. The van der Waals surface area contributed by atoms with Crippen molar-refractivity contribution in [1.82, 2.24) is 4.98 Å². The maximum Gasteiger partial charge on any atom is 0.416 e. The van der Waals surface area contributed by atoms with Crippen LogP contribution in [0.3, 0.4) is 0 Å². The van der Waals surface area contributed by atoms with E-state index in [1.54, 1.807) is 0 Å². The molecule has 100 valence electrons. The number of benzene rings is 1. The molecule has 6 heteroatoms. The molecule has 19 heavy (non-hydrogen) atoms. The second-order valence-electron chi connectivity index (χ2n) is 3.97. The van der Waals surface area contributed by atoms with Crippen LogP contribution in [0.15, 0.2) is 36.7 Å². The zero-order valence-electron chi connectivity index (χ0n) is 9.58. The first-order valence-corrected chi connectivity index (χ1v) is 5.33. The molecular formula is C13H9F4NO. The molecule has 0 radical (unpaired) electrons. The summed E-state index contributed by atoms with van der Waals surface area (Å²) >= 11 is 0. The van der Waals surface area contributed by atoms with Crippen LogP contribution in [-0.4, -0.2) is 10.1 Å². The Morgan fingerprint density at radius 3 is 2.32 bits per heavy atom. The Morgan fingerprint density at radius 1 is 1.00 bits per heavy atom. The van der Waals surface area contributed by atoms with Crippen molar-refractivity contribution in [2.75, 3.05) is 0 Å². The zero-order valence-corrected chi connectivity index (χ0v) is 9.58. The van der Waals surface area contributed by atoms with Gasteiger partial charge in [-0.15, -0.1) is 0 Å². The van der Waals surface area contributed by atoms with Crippen molar-refractivity contribution in [3.8, 4) is 11.1 Å². The van der Waals surface area contributed by atoms with Crippen LogP contribution >= 0.6 is 0 Å². The summed E-state index contributed by atoms with van der Waals surface area (Å²) in [6, 6.07) is 4.21. The summed E-state index contributed by atoms with van der Waals surface area (Å²) in [5, 5.41) is 9.00. The molecule has 2 rings (SSSR count). The highest BCUT2D eigenvalue weighted by molar-refractivity contribution is 5.64. The third-order valence-corrected chi connectivity index (χ3v) is 2.54. The van der Waals surface area contributed by atoms with Crippen LogP contribution in [0, 0.1) is 5.82 Å². The van der Waals surface area contributed by atoms with Crippen LogP contribution in [-0.2, 0) is 12.8 Å². The van der Waals surface area contributed by atoms with E-state index in [4.69, 9.17) is 5.11 Å². The molecule has 1 N–H and O–H groups in total. The number of aromatic nitrogens is 1. The lowest BCUT2D eigenvalue weighted by Gasteiger charge is -2.11. The van der Waals surface area contributed by atoms with E-state index in [2.05, 4.69) is 4.98 Å². The molecule has 0 saturated carbocycles. The fourth-order valence-corrected chi connectivity index (χ4v) is 1.68. The van der Waals surface area contributed by atoms with Crippen LogP contribution < -0.4 is 0 Å². The van der Waals surface area contributed by atoms with Gasteiger partial charge in [-0.1, -0.05) is 0 Å². The van der Waals surface area contributed by atoms with E-state index in [0.717, 1.165) is 24.4 Å². The molecule has 0 aliphatic carbocycles. The lowest BCUT2D eigenvalue weighted by molar-refractivity contribution is -0.137. The molecule has 0 amide bonds. The third-order valence-electron chi connectivity index (χ3n) is 2.54. The van der Waals surface area contributed by atoms with Crippen LogP contribution in [0.1, 0.15) is 11.1 Å². The quantitative estimate of drug-likeness (QED) is 0.849. The van der Waals surface area contributed by atoms with E-state index < -0.39 is 24.2 Å². The van der Waals surface area contributed by atoms with E-state index >= 15 is 0 Å². The summed E-state index contributed by atoms with van der Waals surface area (Å²) in [7, 11) is 0. The molecule has 2 nitrogen and oxygen atoms in total. The third kappa shape index (κ3) is 3.08. The minimum absolute atomic E-state index is 0.106. The summed E-state index contributed by atoms with van der Waals surface area (Å²) in [6.07, 6.45) is -2.30. The van der Waals surface area contributed by atoms with Crippen molar-refractivity contribution in [1.29, 1.82) is 0 Å². The van der Waals surface area contributed by atoms with Crippen molar-refractivity contribution in [3.63, 3.8) is 0 Å². The number of aliphatic hydroxyl groups excluding tert-OH is 1. The minimum atomic E-state index is -4.53. The second-order valence-corrected chi connectivity index (χ2v) is 3.97. The van der Waals surface area contributed by atoms with Gasteiger partial charge in [-0.3, -0.25) is 4.98 Å². The Labute approximate surface area is 106 Å². The first-order valence-electron chi connectivity index (χ1n) is 5.33. The molecule has 0 atom stereocenters. The maximum atomic E-state index is 13.0. The van der Waals surface area contributed by atoms with Crippen LogP contribution in [0.25, 0.3) is 11.1 Å². The highest BCUT2D eigenvalue weighted by Gasteiger charge is 2.31. The van der Waals surface area contributed by atoms with Crippen LogP contribution in [0.4, 0.5) is 17.6 Å². The standard InChI is InChI=1S/C13H9F4NO/c14-12-4-10(5-18-6-12)9-1-8(7-19)2-11(3-9)13(15,16)17/h1-6,19H,7H2. The van der Waals surface area contributed by atoms with Gasteiger partial charge in [0, 0.05) is 11.8 Å². The Bertz CT molecular complexity index is 595. The first-order chi connectivity index (χ1) is 8.90. The molecule has 0 aliphatic heterocycles. The average Bonchev–Trinajstić information content (AvgIpc) is 2.37. The average molecular weight is 271 g/mol. The van der Waals surface area contributed by atoms with Crippen molar-refractivity contribution < 1.29 is 22.7 Å². The molecular weight excluding hydrogens is 262 g/mol. The normalized spacial score (nSPS) is 11.6. The Morgan fingerprint density at radius 2 is 1.74 bits per heavy atom. The first kappa shape index (κ1) is 13.5. The molecule has 0 aliphatic rings. The maximum absolute atomic E-state index is 13.0. The molecule has 1 aromatic heterocycles. The summed E-state index contributed by atoms with van der Waals surface area (Å²) in [4.78, 5) is 3.59.